The van der Waals surface area contributed by atoms with E-state index in [1.165, 1.54) is 25.7 Å². The SMILES string of the molecule is CCNCCS(=O)(=O)N1CCC2(CCCC2)CC1. The number of nitrogens with one attached hydrogen (secondary N) is 1. The Kier molecular flexibility index (Phi) is 4.67. The lowest BCUT2D eigenvalue weighted by Crippen LogP contribution is -2.44. The van der Waals surface area contributed by atoms with Gasteiger partial charge in [0.2, 0.25) is 10.0 Å². The number of sulfonamides is 1. The minimum absolute atomic E-state index is 0.244. The zero-order chi connectivity index (χ0) is 13.1. The van der Waals surface area contributed by atoms with Crippen LogP contribution < -0.4 is 5.32 Å². The lowest BCUT2D eigenvalue weighted by Gasteiger charge is -2.38. The molecule has 1 aliphatic heterocycles. The Balaban J connectivity index is 1.84. The highest BCUT2D eigenvalue weighted by Crippen LogP contribution is 2.46. The van der Waals surface area contributed by atoms with Crippen LogP contribution in [0.5, 0.6) is 0 Å². The van der Waals surface area contributed by atoms with Gasteiger partial charge in [0.15, 0.2) is 0 Å². The van der Waals surface area contributed by atoms with Crippen LogP contribution in [-0.2, 0) is 10.0 Å². The van der Waals surface area contributed by atoms with Gasteiger partial charge >= 0.3 is 0 Å². The van der Waals surface area contributed by atoms with Gasteiger partial charge in [0, 0.05) is 19.6 Å². The summed E-state index contributed by atoms with van der Waals surface area (Å²) in [5, 5.41) is 3.09. The van der Waals surface area contributed by atoms with E-state index in [1.54, 1.807) is 4.31 Å². The molecule has 0 atom stereocenters. The quantitative estimate of drug-likeness (QED) is 0.774. The fraction of sp³-hybridized carbons (Fsp3) is 1.00. The van der Waals surface area contributed by atoms with Crippen LogP contribution in [0.4, 0.5) is 0 Å². The molecule has 1 aliphatic carbocycles. The van der Waals surface area contributed by atoms with Gasteiger partial charge in [-0.3, -0.25) is 0 Å². The van der Waals surface area contributed by atoms with Crippen LogP contribution in [0.3, 0.4) is 0 Å². The molecule has 0 unspecified atom stereocenters. The van der Waals surface area contributed by atoms with Crippen molar-refractivity contribution >= 4 is 10.0 Å². The number of piperidine rings is 1. The van der Waals surface area contributed by atoms with Gasteiger partial charge in [0.05, 0.1) is 5.75 Å². The molecule has 0 aromatic rings. The largest absolute Gasteiger partial charge is 0.316 e. The number of nitrogens with zero attached hydrogens (tertiary/aromatic N) is 1. The average molecular weight is 274 g/mol. The van der Waals surface area contributed by atoms with Crippen molar-refractivity contribution in [3.63, 3.8) is 0 Å². The molecule has 0 radical (unpaired) electrons. The molecule has 0 amide bonds. The van der Waals surface area contributed by atoms with Crippen molar-refractivity contribution in [1.82, 2.24) is 9.62 Å². The van der Waals surface area contributed by atoms with Crippen molar-refractivity contribution in [3.05, 3.63) is 0 Å². The fourth-order valence-corrected chi connectivity index (χ4v) is 4.77. The van der Waals surface area contributed by atoms with Gasteiger partial charge in [-0.15, -0.1) is 0 Å². The van der Waals surface area contributed by atoms with E-state index in [9.17, 15) is 8.42 Å². The first-order valence-electron chi connectivity index (χ1n) is 7.27. The molecule has 1 heterocycles. The van der Waals surface area contributed by atoms with E-state index in [0.29, 0.717) is 12.0 Å². The highest BCUT2D eigenvalue weighted by Gasteiger charge is 2.39. The van der Waals surface area contributed by atoms with Gasteiger partial charge in [-0.2, -0.15) is 0 Å². The molecule has 5 heteroatoms. The normalized spacial score (nSPS) is 24.7. The van der Waals surface area contributed by atoms with Crippen LogP contribution in [0.1, 0.15) is 45.4 Å². The van der Waals surface area contributed by atoms with Crippen molar-refractivity contribution in [2.75, 3.05) is 31.9 Å². The second kappa shape index (κ2) is 5.88. The van der Waals surface area contributed by atoms with E-state index in [0.717, 1.165) is 32.5 Å². The number of hydrogen-bond acceptors (Lipinski definition) is 3. The smallest absolute Gasteiger partial charge is 0.215 e. The molecule has 1 saturated carbocycles. The zero-order valence-corrected chi connectivity index (χ0v) is 12.3. The molecule has 0 aromatic heterocycles. The molecule has 2 rings (SSSR count). The second-order valence-corrected chi connectivity index (χ2v) is 7.86. The highest BCUT2D eigenvalue weighted by molar-refractivity contribution is 7.89. The Morgan fingerprint density at radius 1 is 1.11 bits per heavy atom. The van der Waals surface area contributed by atoms with Crippen molar-refractivity contribution < 1.29 is 8.42 Å². The summed E-state index contributed by atoms with van der Waals surface area (Å²) in [5.74, 6) is 0.244. The lowest BCUT2D eigenvalue weighted by molar-refractivity contribution is 0.160. The maximum absolute atomic E-state index is 12.1. The van der Waals surface area contributed by atoms with Crippen LogP contribution in [0.15, 0.2) is 0 Å². The lowest BCUT2D eigenvalue weighted by atomic mass is 9.78. The summed E-state index contributed by atoms with van der Waals surface area (Å²) < 4.78 is 26.0. The van der Waals surface area contributed by atoms with Gasteiger partial charge < -0.3 is 5.32 Å². The minimum Gasteiger partial charge on any atom is -0.316 e. The van der Waals surface area contributed by atoms with Gasteiger partial charge in [-0.25, -0.2) is 12.7 Å². The molecule has 0 aromatic carbocycles. The molecule has 18 heavy (non-hydrogen) atoms. The topological polar surface area (TPSA) is 49.4 Å². The first-order valence-corrected chi connectivity index (χ1v) is 8.87. The van der Waals surface area contributed by atoms with Crippen LogP contribution in [0, 0.1) is 5.41 Å². The van der Waals surface area contributed by atoms with Gasteiger partial charge in [-0.1, -0.05) is 19.8 Å². The Hall–Kier alpha value is -0.130. The molecule has 1 spiro atoms. The van der Waals surface area contributed by atoms with E-state index in [2.05, 4.69) is 5.32 Å². The third-order valence-electron chi connectivity index (χ3n) is 4.63. The summed E-state index contributed by atoms with van der Waals surface area (Å²) in [6.07, 6.45) is 7.47. The molecule has 2 aliphatic rings. The van der Waals surface area contributed by atoms with Gasteiger partial charge in [0.25, 0.3) is 0 Å². The minimum atomic E-state index is -3.03. The maximum atomic E-state index is 12.1. The average Bonchev–Trinajstić information content (AvgIpc) is 2.78. The Morgan fingerprint density at radius 3 is 2.28 bits per heavy atom. The third kappa shape index (κ3) is 3.25. The molecule has 106 valence electrons. The summed E-state index contributed by atoms with van der Waals surface area (Å²) in [5.41, 5.74) is 0.494. The second-order valence-electron chi connectivity index (χ2n) is 5.78. The first kappa shape index (κ1) is 14.3. The van der Waals surface area contributed by atoms with Crippen molar-refractivity contribution in [2.45, 2.75) is 45.4 Å². The molecule has 4 nitrogen and oxygen atoms in total. The molecule has 2 fully saturated rings. The predicted octanol–water partition coefficient (Wildman–Crippen LogP) is 1.58. The van der Waals surface area contributed by atoms with Gasteiger partial charge in [-0.05, 0) is 37.6 Å². The standard InChI is InChI=1S/C13H26N2O2S/c1-2-14-9-12-18(16,17)15-10-7-13(8-11-15)5-3-4-6-13/h14H,2-12H2,1H3. The number of rotatable bonds is 5. The fourth-order valence-electron chi connectivity index (χ4n) is 3.37. The van der Waals surface area contributed by atoms with E-state index in [1.807, 2.05) is 6.92 Å². The predicted molar refractivity (Wildman–Crippen MR) is 74.0 cm³/mol. The highest BCUT2D eigenvalue weighted by atomic mass is 32.2. The van der Waals surface area contributed by atoms with Crippen LogP contribution >= 0.6 is 0 Å². The van der Waals surface area contributed by atoms with Crippen molar-refractivity contribution in [2.24, 2.45) is 5.41 Å². The summed E-state index contributed by atoms with van der Waals surface area (Å²) >= 11 is 0. The Morgan fingerprint density at radius 2 is 1.72 bits per heavy atom. The summed E-state index contributed by atoms with van der Waals surface area (Å²) in [7, 11) is -3.03. The van der Waals surface area contributed by atoms with E-state index < -0.39 is 10.0 Å². The molecular weight excluding hydrogens is 248 g/mol. The number of hydrogen-bond donors (Lipinski definition) is 1. The van der Waals surface area contributed by atoms with E-state index in [4.69, 9.17) is 0 Å². The Bertz CT molecular complexity index is 351. The zero-order valence-electron chi connectivity index (χ0n) is 11.5. The van der Waals surface area contributed by atoms with Crippen LogP contribution in [-0.4, -0.2) is 44.7 Å². The molecule has 1 saturated heterocycles. The summed E-state index contributed by atoms with van der Waals surface area (Å²) in [6.45, 7) is 4.89. The van der Waals surface area contributed by atoms with Crippen LogP contribution in [0.2, 0.25) is 0 Å². The summed E-state index contributed by atoms with van der Waals surface area (Å²) in [4.78, 5) is 0. The van der Waals surface area contributed by atoms with Crippen molar-refractivity contribution in [1.29, 1.82) is 0 Å². The molecule has 1 N–H and O–H groups in total. The first-order chi connectivity index (χ1) is 8.58. The van der Waals surface area contributed by atoms with Crippen LogP contribution in [0.25, 0.3) is 0 Å². The summed E-state index contributed by atoms with van der Waals surface area (Å²) in [6, 6.07) is 0. The molecular formula is C13H26N2O2S. The van der Waals surface area contributed by atoms with E-state index >= 15 is 0 Å². The Labute approximate surface area is 111 Å². The monoisotopic (exact) mass is 274 g/mol. The maximum Gasteiger partial charge on any atom is 0.215 e. The van der Waals surface area contributed by atoms with E-state index in [-0.39, 0.29) is 5.75 Å². The molecule has 0 bridgehead atoms. The third-order valence-corrected chi connectivity index (χ3v) is 6.50. The van der Waals surface area contributed by atoms with Gasteiger partial charge in [0.1, 0.15) is 0 Å². The van der Waals surface area contributed by atoms with Crippen molar-refractivity contribution in [3.8, 4) is 0 Å².